The zero-order valence-electron chi connectivity index (χ0n) is 13.1. The molecule has 2 heterocycles. The van der Waals surface area contributed by atoms with E-state index in [1.54, 1.807) is 36.4 Å². The average Bonchev–Trinajstić information content (AvgIpc) is 3.12. The van der Waals surface area contributed by atoms with Crippen molar-refractivity contribution in [2.24, 2.45) is 0 Å². The molecular weight excluding hydrogens is 308 g/mol. The van der Waals surface area contributed by atoms with E-state index in [0.29, 0.717) is 34.0 Å². The van der Waals surface area contributed by atoms with Crippen LogP contribution in [0.1, 0.15) is 20.7 Å². The summed E-state index contributed by atoms with van der Waals surface area (Å²) >= 11 is 0. The maximum Gasteiger partial charge on any atom is 0.217 e. The first-order valence-corrected chi connectivity index (χ1v) is 7.37. The predicted octanol–water partition coefficient (Wildman–Crippen LogP) is 2.83. The van der Waals surface area contributed by atoms with Crippen molar-refractivity contribution in [2.45, 2.75) is 0 Å². The molecule has 0 bridgehead atoms. The highest BCUT2D eigenvalue weighted by molar-refractivity contribution is 6.28. The summed E-state index contributed by atoms with van der Waals surface area (Å²) in [6.45, 7) is 0. The molecule has 2 N–H and O–H groups in total. The topological polar surface area (TPSA) is 76.7 Å². The molecule has 0 saturated heterocycles. The highest BCUT2D eigenvalue weighted by atomic mass is 16.5. The largest absolute Gasteiger partial charge is 0.496 e. The molecule has 0 saturated carbocycles. The summed E-state index contributed by atoms with van der Waals surface area (Å²) in [5, 5.41) is 6.06. The number of hydrogen-bond donors (Lipinski definition) is 2. The molecule has 0 atom stereocenters. The van der Waals surface area contributed by atoms with E-state index in [0.717, 1.165) is 0 Å². The van der Waals surface area contributed by atoms with E-state index < -0.39 is 0 Å². The van der Waals surface area contributed by atoms with Crippen LogP contribution in [-0.2, 0) is 0 Å². The van der Waals surface area contributed by atoms with E-state index in [2.05, 4.69) is 10.6 Å². The average molecular weight is 322 g/mol. The highest BCUT2D eigenvalue weighted by Crippen LogP contribution is 2.40. The van der Waals surface area contributed by atoms with Crippen molar-refractivity contribution in [3.63, 3.8) is 0 Å². The number of rotatable bonds is 2. The van der Waals surface area contributed by atoms with E-state index >= 15 is 0 Å². The third-order valence-electron chi connectivity index (χ3n) is 4.17. The van der Waals surface area contributed by atoms with E-state index in [1.807, 2.05) is 0 Å². The number of carbonyl (C=O) groups excluding carboxylic acids is 2. The van der Waals surface area contributed by atoms with Gasteiger partial charge < -0.3 is 20.1 Å². The Labute approximate surface area is 138 Å². The van der Waals surface area contributed by atoms with Gasteiger partial charge in [-0.05, 0) is 24.3 Å². The van der Waals surface area contributed by atoms with Gasteiger partial charge in [0.15, 0.2) is 0 Å². The molecule has 0 fully saturated rings. The summed E-state index contributed by atoms with van der Waals surface area (Å²) < 4.78 is 10.5. The van der Waals surface area contributed by atoms with Gasteiger partial charge in [-0.25, -0.2) is 0 Å². The lowest BCUT2D eigenvalue weighted by atomic mass is 10.1. The maximum absolute atomic E-state index is 12.8. The van der Waals surface area contributed by atoms with Crippen LogP contribution in [0.5, 0.6) is 11.5 Å². The van der Waals surface area contributed by atoms with Crippen LogP contribution >= 0.6 is 0 Å². The van der Waals surface area contributed by atoms with E-state index in [9.17, 15) is 9.59 Å². The Morgan fingerprint density at radius 1 is 0.708 bits per heavy atom. The smallest absolute Gasteiger partial charge is 0.217 e. The van der Waals surface area contributed by atoms with E-state index in [1.165, 1.54) is 14.2 Å². The van der Waals surface area contributed by atoms with Gasteiger partial charge in [0.25, 0.3) is 0 Å². The monoisotopic (exact) mass is 322 g/mol. The second-order valence-electron chi connectivity index (χ2n) is 5.42. The molecule has 0 unspecified atom stereocenters. The molecule has 0 radical (unpaired) electrons. The van der Waals surface area contributed by atoms with Gasteiger partial charge >= 0.3 is 0 Å². The minimum Gasteiger partial charge on any atom is -0.496 e. The van der Waals surface area contributed by atoms with Gasteiger partial charge in [-0.1, -0.05) is 12.1 Å². The molecule has 0 aliphatic carbocycles. The number of fused-ring (bicyclic) bond motifs is 2. The number of ether oxygens (including phenoxy) is 2. The zero-order valence-corrected chi connectivity index (χ0v) is 13.1. The summed E-state index contributed by atoms with van der Waals surface area (Å²) in [6, 6.07) is 10.6. The number of carbonyl (C=O) groups is 2. The fraction of sp³-hybridized carbons (Fsp3) is 0.111. The molecule has 6 heteroatoms. The minimum absolute atomic E-state index is 0.220. The third-order valence-corrected chi connectivity index (χ3v) is 4.17. The number of hydrogen-bond acceptors (Lipinski definition) is 6. The van der Waals surface area contributed by atoms with Crippen molar-refractivity contribution >= 4 is 22.9 Å². The van der Waals surface area contributed by atoms with Gasteiger partial charge in [0.2, 0.25) is 11.6 Å². The molecule has 4 rings (SSSR count). The van der Waals surface area contributed by atoms with Crippen molar-refractivity contribution in [3.8, 4) is 11.5 Å². The zero-order chi connectivity index (χ0) is 16.8. The fourth-order valence-electron chi connectivity index (χ4n) is 3.06. The van der Waals surface area contributed by atoms with Gasteiger partial charge in [0.1, 0.15) is 22.9 Å². The van der Waals surface area contributed by atoms with Crippen LogP contribution in [0, 0.1) is 0 Å². The van der Waals surface area contributed by atoms with Crippen LogP contribution < -0.4 is 20.1 Å². The molecule has 2 aliphatic rings. The van der Waals surface area contributed by atoms with Gasteiger partial charge in [0.05, 0.1) is 36.7 Å². The van der Waals surface area contributed by atoms with Gasteiger partial charge in [-0.3, -0.25) is 9.59 Å². The Hall–Kier alpha value is -3.28. The second-order valence-corrected chi connectivity index (χ2v) is 5.42. The molecule has 2 aromatic carbocycles. The number of benzene rings is 2. The molecule has 2 aliphatic heterocycles. The number of nitrogens with one attached hydrogen (secondary N) is 2. The number of methoxy groups -OCH3 is 2. The van der Waals surface area contributed by atoms with Crippen molar-refractivity contribution in [1.82, 2.24) is 0 Å². The lowest BCUT2D eigenvalue weighted by molar-refractivity contribution is 0.101. The predicted molar refractivity (Wildman–Crippen MR) is 88.9 cm³/mol. The van der Waals surface area contributed by atoms with Crippen LogP contribution in [0.3, 0.4) is 0 Å². The molecule has 6 nitrogen and oxygen atoms in total. The summed E-state index contributed by atoms with van der Waals surface area (Å²) in [6.07, 6.45) is 0. The SMILES string of the molecule is COc1cccc2c1C(=O)C(=C1Nc3cccc(OC)c3C1=O)N2. The van der Waals surface area contributed by atoms with Crippen LogP contribution in [0.15, 0.2) is 47.8 Å². The van der Waals surface area contributed by atoms with Gasteiger partial charge in [-0.2, -0.15) is 0 Å². The Morgan fingerprint density at radius 3 is 1.50 bits per heavy atom. The van der Waals surface area contributed by atoms with Crippen molar-refractivity contribution < 1.29 is 19.1 Å². The quantitative estimate of drug-likeness (QED) is 0.828. The normalized spacial score (nSPS) is 17.9. The summed E-state index contributed by atoms with van der Waals surface area (Å²) in [7, 11) is 3.02. The first-order chi connectivity index (χ1) is 11.7. The number of ketones is 2. The summed E-state index contributed by atoms with van der Waals surface area (Å²) in [4.78, 5) is 25.6. The summed E-state index contributed by atoms with van der Waals surface area (Å²) in [5.74, 6) is 0.400. The molecule has 120 valence electrons. The van der Waals surface area contributed by atoms with E-state index in [4.69, 9.17) is 9.47 Å². The van der Waals surface area contributed by atoms with Crippen LogP contribution in [0.25, 0.3) is 0 Å². The molecule has 0 amide bonds. The van der Waals surface area contributed by atoms with Gasteiger partial charge in [0, 0.05) is 0 Å². The van der Waals surface area contributed by atoms with Gasteiger partial charge in [-0.15, -0.1) is 0 Å². The lowest BCUT2D eigenvalue weighted by Crippen LogP contribution is -2.13. The second kappa shape index (κ2) is 5.13. The first kappa shape index (κ1) is 14.3. The highest BCUT2D eigenvalue weighted by Gasteiger charge is 2.37. The number of Topliss-reactive ketones (excluding diaryl/α,β-unsaturated/α-hetero) is 2. The van der Waals surface area contributed by atoms with Crippen LogP contribution in [0.4, 0.5) is 11.4 Å². The maximum atomic E-state index is 12.8. The summed E-state index contributed by atoms with van der Waals surface area (Å²) in [5.41, 5.74) is 2.55. The van der Waals surface area contributed by atoms with Crippen molar-refractivity contribution in [3.05, 3.63) is 58.9 Å². The molecular formula is C18H14N2O4. The van der Waals surface area contributed by atoms with Crippen molar-refractivity contribution in [2.75, 3.05) is 24.9 Å². The molecule has 24 heavy (non-hydrogen) atoms. The fourth-order valence-corrected chi connectivity index (χ4v) is 3.06. The number of anilines is 2. The molecule has 0 aromatic heterocycles. The van der Waals surface area contributed by atoms with Crippen molar-refractivity contribution in [1.29, 1.82) is 0 Å². The molecule has 0 spiro atoms. The minimum atomic E-state index is -0.273. The van der Waals surface area contributed by atoms with E-state index in [-0.39, 0.29) is 23.0 Å². The first-order valence-electron chi connectivity index (χ1n) is 7.37. The Bertz CT molecular complexity index is 855. The standard InChI is InChI=1S/C18H14N2O4/c1-23-11-7-3-5-9-13(11)17(21)15(19-9)16-18(22)14-10(20-16)6-4-8-12(14)24-2/h3-8,19-20H,1-2H3. The lowest BCUT2D eigenvalue weighted by Gasteiger charge is -2.03. The Balaban J connectivity index is 1.84. The number of allylic oxidation sites excluding steroid dienone is 2. The third kappa shape index (κ3) is 1.83. The van der Waals surface area contributed by atoms with Crippen LogP contribution in [-0.4, -0.2) is 25.8 Å². The molecule has 2 aromatic rings. The Morgan fingerprint density at radius 2 is 1.12 bits per heavy atom. The Kier molecular flexibility index (Phi) is 3.06. The van der Waals surface area contributed by atoms with Crippen LogP contribution in [0.2, 0.25) is 0 Å².